The fourth-order valence-corrected chi connectivity index (χ4v) is 1.44. The second-order valence-corrected chi connectivity index (χ2v) is 3.48. The minimum atomic E-state index is -0.318. The van der Waals surface area contributed by atoms with Gasteiger partial charge in [0.1, 0.15) is 0 Å². The number of aromatic nitrogens is 2. The van der Waals surface area contributed by atoms with E-state index in [1.54, 1.807) is 12.4 Å². The molecule has 0 bridgehead atoms. The highest BCUT2D eigenvalue weighted by molar-refractivity contribution is 5.12. The fourth-order valence-electron chi connectivity index (χ4n) is 1.44. The summed E-state index contributed by atoms with van der Waals surface area (Å²) in [5.74, 6) is 0. The second kappa shape index (κ2) is 5.75. The van der Waals surface area contributed by atoms with E-state index in [0.717, 1.165) is 11.4 Å². The molecule has 1 atom stereocenters. The zero-order chi connectivity index (χ0) is 11.3. The molecule has 0 aliphatic rings. The van der Waals surface area contributed by atoms with Gasteiger partial charge in [-0.1, -0.05) is 0 Å². The van der Waals surface area contributed by atoms with Crippen molar-refractivity contribution in [3.63, 3.8) is 0 Å². The van der Waals surface area contributed by atoms with Crippen molar-refractivity contribution in [3.05, 3.63) is 23.8 Å². The van der Waals surface area contributed by atoms with Gasteiger partial charge in [0, 0.05) is 18.4 Å². The van der Waals surface area contributed by atoms with Crippen molar-refractivity contribution in [1.29, 1.82) is 0 Å². The van der Waals surface area contributed by atoms with Crippen LogP contribution in [0.4, 0.5) is 0 Å². The van der Waals surface area contributed by atoms with E-state index in [0.29, 0.717) is 0 Å². The van der Waals surface area contributed by atoms with Crippen molar-refractivity contribution in [2.24, 2.45) is 0 Å². The molecule has 0 fully saturated rings. The fraction of sp³-hybridized carbons (Fsp3) is 0.600. The van der Waals surface area contributed by atoms with E-state index in [-0.39, 0.29) is 25.3 Å². The van der Waals surface area contributed by atoms with Gasteiger partial charge in [-0.05, 0) is 13.8 Å². The maximum atomic E-state index is 8.93. The lowest BCUT2D eigenvalue weighted by molar-refractivity contribution is 0.163. The van der Waals surface area contributed by atoms with E-state index in [1.165, 1.54) is 0 Å². The number of hydrogen-bond acceptors (Lipinski definition) is 5. The van der Waals surface area contributed by atoms with Crippen LogP contribution < -0.4 is 5.32 Å². The molecule has 0 spiro atoms. The maximum Gasteiger partial charge on any atom is 0.0782 e. The first-order chi connectivity index (χ1) is 7.19. The molecule has 1 aromatic rings. The third-order valence-electron chi connectivity index (χ3n) is 2.26. The zero-order valence-electron chi connectivity index (χ0n) is 9.01. The van der Waals surface area contributed by atoms with Gasteiger partial charge >= 0.3 is 0 Å². The molecule has 1 heterocycles. The van der Waals surface area contributed by atoms with Crippen LogP contribution in [-0.2, 0) is 0 Å². The van der Waals surface area contributed by atoms with Crippen LogP contribution in [0.15, 0.2) is 12.4 Å². The molecule has 0 amide bonds. The minimum Gasteiger partial charge on any atom is -0.395 e. The highest BCUT2D eigenvalue weighted by atomic mass is 16.3. The smallest absolute Gasteiger partial charge is 0.0782 e. The number of hydrogen-bond donors (Lipinski definition) is 3. The first-order valence-electron chi connectivity index (χ1n) is 4.94. The summed E-state index contributed by atoms with van der Waals surface area (Å²) >= 11 is 0. The Morgan fingerprint density at radius 3 is 2.40 bits per heavy atom. The quantitative estimate of drug-likeness (QED) is 0.628. The zero-order valence-corrected chi connectivity index (χ0v) is 9.01. The standard InChI is InChI=1S/C10H17N3O2/c1-7-10(12-4-3-11-7)8(2)13-9(5-14)6-15/h3-4,8-9,13-15H,5-6H2,1-2H3. The minimum absolute atomic E-state index is 0.0389. The molecule has 0 aliphatic heterocycles. The molecule has 5 heteroatoms. The van der Waals surface area contributed by atoms with Crippen LogP contribution in [0, 0.1) is 6.92 Å². The monoisotopic (exact) mass is 211 g/mol. The van der Waals surface area contributed by atoms with Gasteiger partial charge in [0.25, 0.3) is 0 Å². The van der Waals surface area contributed by atoms with E-state index < -0.39 is 0 Å². The molecule has 5 nitrogen and oxygen atoms in total. The number of nitrogens with zero attached hydrogens (tertiary/aromatic N) is 2. The summed E-state index contributed by atoms with van der Waals surface area (Å²) in [5, 5.41) is 20.9. The summed E-state index contributed by atoms with van der Waals surface area (Å²) < 4.78 is 0. The Hall–Kier alpha value is -1.04. The molecule has 1 unspecified atom stereocenters. The van der Waals surface area contributed by atoms with Crippen LogP contribution in [0.1, 0.15) is 24.4 Å². The lowest BCUT2D eigenvalue weighted by Crippen LogP contribution is -2.38. The molecule has 0 saturated heterocycles. The Balaban J connectivity index is 2.68. The molecule has 0 saturated carbocycles. The largest absolute Gasteiger partial charge is 0.395 e. The van der Waals surface area contributed by atoms with E-state index in [1.807, 2.05) is 13.8 Å². The number of aliphatic hydroxyl groups excluding tert-OH is 2. The predicted molar refractivity (Wildman–Crippen MR) is 56.3 cm³/mol. The van der Waals surface area contributed by atoms with E-state index in [9.17, 15) is 0 Å². The lowest BCUT2D eigenvalue weighted by Gasteiger charge is -2.20. The van der Waals surface area contributed by atoms with Gasteiger partial charge in [-0.2, -0.15) is 0 Å². The van der Waals surface area contributed by atoms with Crippen molar-refractivity contribution in [2.45, 2.75) is 25.9 Å². The highest BCUT2D eigenvalue weighted by Gasteiger charge is 2.14. The Morgan fingerprint density at radius 1 is 1.27 bits per heavy atom. The van der Waals surface area contributed by atoms with Crippen molar-refractivity contribution < 1.29 is 10.2 Å². The van der Waals surface area contributed by atoms with Gasteiger partial charge in [-0.15, -0.1) is 0 Å². The van der Waals surface area contributed by atoms with Crippen LogP contribution in [0.2, 0.25) is 0 Å². The summed E-state index contributed by atoms with van der Waals surface area (Å²) in [7, 11) is 0. The van der Waals surface area contributed by atoms with Gasteiger partial charge in [0.05, 0.1) is 30.6 Å². The first kappa shape index (κ1) is 12.0. The van der Waals surface area contributed by atoms with Gasteiger partial charge in [-0.3, -0.25) is 9.97 Å². The summed E-state index contributed by atoms with van der Waals surface area (Å²) in [5.41, 5.74) is 1.69. The molecular formula is C10H17N3O2. The summed E-state index contributed by atoms with van der Waals surface area (Å²) in [6, 6.07) is -0.357. The molecule has 15 heavy (non-hydrogen) atoms. The van der Waals surface area contributed by atoms with Crippen LogP contribution in [0.25, 0.3) is 0 Å². The van der Waals surface area contributed by atoms with Gasteiger partial charge in [-0.25, -0.2) is 0 Å². The Morgan fingerprint density at radius 2 is 1.87 bits per heavy atom. The Labute approximate surface area is 89.2 Å². The molecule has 1 aromatic heterocycles. The molecular weight excluding hydrogens is 194 g/mol. The molecule has 84 valence electrons. The highest BCUT2D eigenvalue weighted by Crippen LogP contribution is 2.12. The predicted octanol–water partition coefficient (Wildman–Crippen LogP) is -0.211. The molecule has 0 aromatic carbocycles. The van der Waals surface area contributed by atoms with E-state index in [4.69, 9.17) is 10.2 Å². The van der Waals surface area contributed by atoms with E-state index >= 15 is 0 Å². The van der Waals surface area contributed by atoms with Gasteiger partial charge < -0.3 is 15.5 Å². The van der Waals surface area contributed by atoms with Crippen molar-refractivity contribution in [1.82, 2.24) is 15.3 Å². The SMILES string of the molecule is Cc1nccnc1C(C)NC(CO)CO. The van der Waals surface area contributed by atoms with Crippen molar-refractivity contribution in [2.75, 3.05) is 13.2 Å². The topological polar surface area (TPSA) is 78.3 Å². The number of aryl methyl sites for hydroxylation is 1. The number of nitrogens with one attached hydrogen (secondary N) is 1. The molecule has 0 aliphatic carbocycles. The van der Waals surface area contributed by atoms with Gasteiger partial charge in [0.15, 0.2) is 0 Å². The lowest BCUT2D eigenvalue weighted by atomic mass is 10.1. The van der Waals surface area contributed by atoms with Crippen LogP contribution in [0.3, 0.4) is 0 Å². The maximum absolute atomic E-state index is 8.93. The average Bonchev–Trinajstić information content (AvgIpc) is 2.26. The third-order valence-corrected chi connectivity index (χ3v) is 2.26. The summed E-state index contributed by atoms with van der Waals surface area (Å²) in [6.45, 7) is 3.61. The third kappa shape index (κ3) is 3.23. The summed E-state index contributed by atoms with van der Waals surface area (Å²) in [6.07, 6.45) is 3.27. The number of rotatable bonds is 5. The van der Waals surface area contributed by atoms with Crippen LogP contribution in [-0.4, -0.2) is 39.4 Å². The average molecular weight is 211 g/mol. The van der Waals surface area contributed by atoms with Crippen LogP contribution >= 0.6 is 0 Å². The van der Waals surface area contributed by atoms with Gasteiger partial charge in [0.2, 0.25) is 0 Å². The normalized spacial score (nSPS) is 13.1. The molecule has 3 N–H and O–H groups in total. The first-order valence-corrected chi connectivity index (χ1v) is 4.94. The summed E-state index contributed by atoms with van der Waals surface area (Å²) in [4.78, 5) is 8.34. The van der Waals surface area contributed by atoms with E-state index in [2.05, 4.69) is 15.3 Å². The molecule has 0 radical (unpaired) electrons. The number of aliphatic hydroxyl groups is 2. The second-order valence-electron chi connectivity index (χ2n) is 3.48. The Bertz CT molecular complexity index is 302. The van der Waals surface area contributed by atoms with Crippen molar-refractivity contribution in [3.8, 4) is 0 Å². The van der Waals surface area contributed by atoms with Crippen molar-refractivity contribution >= 4 is 0 Å². The van der Waals surface area contributed by atoms with Crippen LogP contribution in [0.5, 0.6) is 0 Å². The Kier molecular flexibility index (Phi) is 4.61. The molecule has 1 rings (SSSR count).